The van der Waals surface area contributed by atoms with Gasteiger partial charge in [-0.2, -0.15) is 0 Å². The third-order valence-electron chi connectivity index (χ3n) is 2.64. The van der Waals surface area contributed by atoms with Crippen molar-refractivity contribution in [2.24, 2.45) is 5.73 Å². The van der Waals surface area contributed by atoms with Crippen LogP contribution in [0.4, 0.5) is 0 Å². The van der Waals surface area contributed by atoms with Gasteiger partial charge in [0.25, 0.3) is 0 Å². The lowest BCUT2D eigenvalue weighted by molar-refractivity contribution is -0.138. The highest BCUT2D eigenvalue weighted by Crippen LogP contribution is 2.21. The molecule has 0 radical (unpaired) electrons. The Morgan fingerprint density at radius 1 is 1.53 bits per heavy atom. The molecule has 0 aliphatic heterocycles. The first-order valence-electron chi connectivity index (χ1n) is 5.24. The Kier molecular flexibility index (Phi) is 3.01. The second kappa shape index (κ2) is 4.47. The lowest BCUT2D eigenvalue weighted by atomic mass is 10.1. The Bertz CT molecular complexity index is 548. The molecule has 0 fully saturated rings. The Hall–Kier alpha value is -2.01. The average Bonchev–Trinajstić information content (AvgIpc) is 2.69. The number of carboxylic acids is 1. The fraction of sp³-hybridized carbons (Fsp3) is 0.250. The molecule has 90 valence electrons. The number of benzene rings is 1. The van der Waals surface area contributed by atoms with Gasteiger partial charge < -0.3 is 20.6 Å². The molecule has 1 aromatic carbocycles. The molecule has 0 amide bonds. The van der Waals surface area contributed by atoms with E-state index in [0.29, 0.717) is 0 Å². The van der Waals surface area contributed by atoms with Crippen LogP contribution in [0.2, 0.25) is 0 Å². The first-order valence-corrected chi connectivity index (χ1v) is 5.24. The highest BCUT2D eigenvalue weighted by Gasteiger charge is 2.13. The molecule has 0 aliphatic rings. The van der Waals surface area contributed by atoms with E-state index < -0.39 is 12.0 Å². The van der Waals surface area contributed by atoms with Crippen LogP contribution in [-0.2, 0) is 11.2 Å². The number of hydrogen-bond acceptors (Lipinski definition) is 3. The number of aromatic nitrogens is 1. The Balaban J connectivity index is 2.28. The molecule has 17 heavy (non-hydrogen) atoms. The summed E-state index contributed by atoms with van der Waals surface area (Å²) in [6.07, 6.45) is 0.284. The molecular formula is C12H14N2O3. The molecule has 2 rings (SSSR count). The van der Waals surface area contributed by atoms with Crippen LogP contribution in [-0.4, -0.2) is 29.2 Å². The number of carboxylic acid groups (broad SMARTS) is 1. The smallest absolute Gasteiger partial charge is 0.320 e. The maximum Gasteiger partial charge on any atom is 0.320 e. The monoisotopic (exact) mass is 234 g/mol. The third-order valence-corrected chi connectivity index (χ3v) is 2.64. The second-order valence-electron chi connectivity index (χ2n) is 3.90. The molecule has 4 N–H and O–H groups in total. The highest BCUT2D eigenvalue weighted by molar-refractivity contribution is 5.82. The number of nitrogens with one attached hydrogen (secondary N) is 1. The van der Waals surface area contributed by atoms with Gasteiger partial charge in [-0.3, -0.25) is 4.79 Å². The van der Waals surface area contributed by atoms with Crippen molar-refractivity contribution in [1.82, 2.24) is 4.98 Å². The van der Waals surface area contributed by atoms with Crippen molar-refractivity contribution in [2.45, 2.75) is 12.5 Å². The van der Waals surface area contributed by atoms with Gasteiger partial charge in [-0.25, -0.2) is 0 Å². The van der Waals surface area contributed by atoms with Crippen molar-refractivity contribution < 1.29 is 14.6 Å². The summed E-state index contributed by atoms with van der Waals surface area (Å²) in [7, 11) is 1.61. The Morgan fingerprint density at radius 3 is 2.94 bits per heavy atom. The van der Waals surface area contributed by atoms with Crippen LogP contribution in [0.15, 0.2) is 24.3 Å². The summed E-state index contributed by atoms with van der Waals surface area (Å²) in [5.74, 6) is -0.230. The van der Waals surface area contributed by atoms with E-state index >= 15 is 0 Å². The van der Waals surface area contributed by atoms with Crippen molar-refractivity contribution in [3.63, 3.8) is 0 Å². The van der Waals surface area contributed by atoms with Gasteiger partial charge in [0.05, 0.1) is 7.11 Å². The fourth-order valence-corrected chi connectivity index (χ4v) is 1.73. The zero-order valence-corrected chi connectivity index (χ0v) is 9.43. The molecule has 5 nitrogen and oxygen atoms in total. The standard InChI is InChI=1S/C12H14N2O3/c1-17-9-2-3-11-7(5-9)4-8(14-11)6-10(13)12(15)16/h2-5,10,14H,6,13H2,1H3,(H,15,16). The molecular weight excluding hydrogens is 220 g/mol. The minimum atomic E-state index is -0.999. The topological polar surface area (TPSA) is 88.3 Å². The lowest BCUT2D eigenvalue weighted by Gasteiger charge is -2.02. The molecule has 1 heterocycles. The third kappa shape index (κ3) is 2.39. The molecule has 1 aromatic heterocycles. The van der Waals surface area contributed by atoms with Gasteiger partial charge in [0, 0.05) is 23.0 Å². The number of carbonyl (C=O) groups is 1. The van der Waals surface area contributed by atoms with E-state index in [-0.39, 0.29) is 6.42 Å². The summed E-state index contributed by atoms with van der Waals surface area (Å²) in [5, 5.41) is 9.72. The van der Waals surface area contributed by atoms with Crippen molar-refractivity contribution in [2.75, 3.05) is 7.11 Å². The molecule has 5 heteroatoms. The number of nitrogens with two attached hydrogens (primary N) is 1. The van der Waals surface area contributed by atoms with E-state index in [4.69, 9.17) is 15.6 Å². The number of fused-ring (bicyclic) bond motifs is 1. The van der Waals surface area contributed by atoms with Gasteiger partial charge in [-0.1, -0.05) is 0 Å². The van der Waals surface area contributed by atoms with E-state index in [0.717, 1.165) is 22.3 Å². The maximum absolute atomic E-state index is 10.7. The second-order valence-corrected chi connectivity index (χ2v) is 3.90. The number of methoxy groups -OCH3 is 1. The van der Waals surface area contributed by atoms with Crippen LogP contribution < -0.4 is 10.5 Å². The lowest BCUT2D eigenvalue weighted by Crippen LogP contribution is -2.32. The summed E-state index contributed by atoms with van der Waals surface area (Å²) >= 11 is 0. The van der Waals surface area contributed by atoms with E-state index in [9.17, 15) is 4.79 Å². The van der Waals surface area contributed by atoms with Gasteiger partial charge in [-0.15, -0.1) is 0 Å². The van der Waals surface area contributed by atoms with Gasteiger partial charge >= 0.3 is 5.97 Å². The summed E-state index contributed by atoms with van der Waals surface area (Å²) < 4.78 is 5.12. The Labute approximate surface area is 98.2 Å². The van der Waals surface area contributed by atoms with Gasteiger partial charge in [0.2, 0.25) is 0 Å². The molecule has 1 atom stereocenters. The van der Waals surface area contributed by atoms with E-state index in [1.165, 1.54) is 0 Å². The molecule has 1 unspecified atom stereocenters. The summed E-state index contributed by atoms with van der Waals surface area (Å²) in [4.78, 5) is 13.8. The summed E-state index contributed by atoms with van der Waals surface area (Å²) in [6.45, 7) is 0. The molecule has 0 spiro atoms. The zero-order chi connectivity index (χ0) is 12.4. The van der Waals surface area contributed by atoms with Crippen molar-refractivity contribution >= 4 is 16.9 Å². The van der Waals surface area contributed by atoms with Crippen LogP contribution in [0.3, 0.4) is 0 Å². The zero-order valence-electron chi connectivity index (χ0n) is 9.43. The van der Waals surface area contributed by atoms with E-state index in [1.54, 1.807) is 7.11 Å². The van der Waals surface area contributed by atoms with Crippen molar-refractivity contribution in [3.05, 3.63) is 30.0 Å². The van der Waals surface area contributed by atoms with Crippen LogP contribution >= 0.6 is 0 Å². The maximum atomic E-state index is 10.7. The highest BCUT2D eigenvalue weighted by atomic mass is 16.5. The number of aromatic amines is 1. The first-order chi connectivity index (χ1) is 8.10. The number of rotatable bonds is 4. The number of hydrogen-bond donors (Lipinski definition) is 3. The quantitative estimate of drug-likeness (QED) is 0.740. The van der Waals surface area contributed by atoms with Gasteiger partial charge in [-0.05, 0) is 24.3 Å². The van der Waals surface area contributed by atoms with Crippen molar-refractivity contribution in [3.8, 4) is 5.75 Å². The predicted molar refractivity (Wildman–Crippen MR) is 64.2 cm³/mol. The number of aliphatic carboxylic acids is 1. The van der Waals surface area contributed by atoms with E-state index in [1.807, 2.05) is 24.3 Å². The summed E-state index contributed by atoms with van der Waals surface area (Å²) in [5.41, 5.74) is 7.23. The fourth-order valence-electron chi connectivity index (χ4n) is 1.73. The minimum Gasteiger partial charge on any atom is -0.497 e. The molecule has 2 aromatic rings. The number of H-pyrrole nitrogens is 1. The summed E-state index contributed by atoms with van der Waals surface area (Å²) in [6, 6.07) is 6.64. The normalized spacial score (nSPS) is 12.6. The molecule has 0 saturated heterocycles. The first kappa shape index (κ1) is 11.5. The van der Waals surface area contributed by atoms with Crippen molar-refractivity contribution in [1.29, 1.82) is 0 Å². The average molecular weight is 234 g/mol. The SMILES string of the molecule is COc1ccc2[nH]c(CC(N)C(=O)O)cc2c1. The van der Waals surface area contributed by atoms with Crippen LogP contribution in [0.5, 0.6) is 5.75 Å². The van der Waals surface area contributed by atoms with Gasteiger partial charge in [0.1, 0.15) is 11.8 Å². The number of ether oxygens (including phenoxy) is 1. The van der Waals surface area contributed by atoms with E-state index in [2.05, 4.69) is 4.98 Å². The Morgan fingerprint density at radius 2 is 2.29 bits per heavy atom. The van der Waals surface area contributed by atoms with Gasteiger partial charge in [0.15, 0.2) is 0 Å². The predicted octanol–water partition coefficient (Wildman–Crippen LogP) is 1.13. The molecule has 0 aliphatic carbocycles. The van der Waals surface area contributed by atoms with Crippen LogP contribution in [0.25, 0.3) is 10.9 Å². The largest absolute Gasteiger partial charge is 0.497 e. The molecule has 0 bridgehead atoms. The van der Waals surface area contributed by atoms with Crippen LogP contribution in [0.1, 0.15) is 5.69 Å². The minimum absolute atomic E-state index is 0.284. The molecule has 0 saturated carbocycles. The van der Waals surface area contributed by atoms with Crippen LogP contribution in [0, 0.1) is 0 Å².